The van der Waals surface area contributed by atoms with E-state index in [1.54, 1.807) is 18.2 Å². The lowest BCUT2D eigenvalue weighted by Crippen LogP contribution is -2.34. The predicted molar refractivity (Wildman–Crippen MR) is 117 cm³/mol. The molecule has 0 saturated heterocycles. The summed E-state index contributed by atoms with van der Waals surface area (Å²) in [7, 11) is 1.50. The molecule has 1 heterocycles. The first-order valence-corrected chi connectivity index (χ1v) is 9.66. The minimum atomic E-state index is -0.214. The van der Waals surface area contributed by atoms with E-state index in [0.717, 1.165) is 18.7 Å². The summed E-state index contributed by atoms with van der Waals surface area (Å²) in [5, 5.41) is 9.00. The van der Waals surface area contributed by atoms with Gasteiger partial charge in [-0.3, -0.25) is 9.59 Å². The van der Waals surface area contributed by atoms with Crippen LogP contribution in [0.2, 0.25) is 0 Å². The Hall–Kier alpha value is -2.77. The molecule has 3 rings (SSSR count). The summed E-state index contributed by atoms with van der Waals surface area (Å²) >= 11 is 0. The van der Waals surface area contributed by atoms with Gasteiger partial charge in [-0.25, -0.2) is 0 Å². The maximum Gasteiger partial charge on any atom is 0.258 e. The summed E-state index contributed by atoms with van der Waals surface area (Å²) in [5.74, 6) is 0.395. The van der Waals surface area contributed by atoms with Crippen molar-refractivity contribution in [3.05, 3.63) is 58.7 Å². The van der Waals surface area contributed by atoms with Crippen LogP contribution in [0.5, 0.6) is 11.5 Å². The van der Waals surface area contributed by atoms with Crippen molar-refractivity contribution in [2.75, 3.05) is 13.7 Å². The molecule has 0 aliphatic carbocycles. The van der Waals surface area contributed by atoms with Crippen LogP contribution in [0.15, 0.2) is 36.4 Å². The highest BCUT2D eigenvalue weighted by molar-refractivity contribution is 5.94. The van der Waals surface area contributed by atoms with Crippen LogP contribution >= 0.6 is 12.4 Å². The largest absolute Gasteiger partial charge is 0.493 e. The molecule has 2 aromatic rings. The molecule has 8 heteroatoms. The zero-order valence-corrected chi connectivity index (χ0v) is 18.2. The quantitative estimate of drug-likeness (QED) is 0.595. The number of fused-ring (bicyclic) bond motifs is 1. The highest BCUT2D eigenvalue weighted by Gasteiger charge is 2.14. The summed E-state index contributed by atoms with van der Waals surface area (Å²) in [6.07, 6.45) is 0. The average Bonchev–Trinajstić information content (AvgIpc) is 3.17. The minimum Gasteiger partial charge on any atom is -0.493 e. The Kier molecular flexibility index (Phi) is 8.50. The number of methoxy groups -OCH3 is 1. The predicted octanol–water partition coefficient (Wildman–Crippen LogP) is 2.55. The maximum atomic E-state index is 12.5. The molecule has 1 aliphatic heterocycles. The van der Waals surface area contributed by atoms with E-state index in [1.807, 2.05) is 19.9 Å². The van der Waals surface area contributed by atoms with Crippen molar-refractivity contribution in [2.24, 2.45) is 0 Å². The second kappa shape index (κ2) is 10.8. The van der Waals surface area contributed by atoms with Gasteiger partial charge >= 0.3 is 0 Å². The van der Waals surface area contributed by atoms with Crippen molar-refractivity contribution in [1.29, 1.82) is 0 Å². The standard InChI is InChI=1S/C22H27N3O4.ClH/c1-14(2)25-21(26)13-29-19-7-6-16(9-20(19)28-3)22(27)24-10-15-4-5-17-11-23-12-18(17)8-15;/h4-9,14,23H,10-13H2,1-3H3,(H,24,27)(H,25,26);1H. The first-order valence-electron chi connectivity index (χ1n) is 9.66. The summed E-state index contributed by atoms with van der Waals surface area (Å²) in [4.78, 5) is 24.3. The van der Waals surface area contributed by atoms with E-state index in [0.29, 0.717) is 23.6 Å². The number of rotatable bonds is 8. The molecule has 7 nitrogen and oxygen atoms in total. The SMILES string of the molecule is COc1cc(C(=O)NCc2ccc3c(c2)CNC3)ccc1OCC(=O)NC(C)C.Cl. The molecule has 0 bridgehead atoms. The van der Waals surface area contributed by atoms with Gasteiger partial charge in [0.2, 0.25) is 0 Å². The molecule has 0 saturated carbocycles. The highest BCUT2D eigenvalue weighted by Crippen LogP contribution is 2.28. The molecule has 0 unspecified atom stereocenters. The average molecular weight is 434 g/mol. The molecule has 162 valence electrons. The summed E-state index contributed by atoms with van der Waals surface area (Å²) in [5.41, 5.74) is 4.11. The molecular formula is C22H28ClN3O4. The molecule has 0 aromatic heterocycles. The number of ether oxygens (including phenoxy) is 2. The van der Waals surface area contributed by atoms with Crippen molar-refractivity contribution < 1.29 is 19.1 Å². The second-order valence-corrected chi connectivity index (χ2v) is 7.27. The van der Waals surface area contributed by atoms with Crippen LogP contribution in [0.25, 0.3) is 0 Å². The Morgan fingerprint density at radius 2 is 1.83 bits per heavy atom. The summed E-state index contributed by atoms with van der Waals surface area (Å²) < 4.78 is 10.8. The molecule has 0 spiro atoms. The van der Waals surface area contributed by atoms with E-state index in [2.05, 4.69) is 28.1 Å². The first-order chi connectivity index (χ1) is 14.0. The Bertz CT molecular complexity index is 902. The molecule has 30 heavy (non-hydrogen) atoms. The van der Waals surface area contributed by atoms with Crippen LogP contribution in [0.4, 0.5) is 0 Å². The summed E-state index contributed by atoms with van der Waals surface area (Å²) in [6.45, 7) is 5.85. The Morgan fingerprint density at radius 1 is 1.07 bits per heavy atom. The van der Waals surface area contributed by atoms with Gasteiger partial charge in [-0.15, -0.1) is 12.4 Å². The molecule has 3 N–H and O–H groups in total. The van der Waals surface area contributed by atoms with Gasteiger partial charge < -0.3 is 25.4 Å². The fourth-order valence-corrected chi connectivity index (χ4v) is 3.18. The van der Waals surface area contributed by atoms with E-state index in [4.69, 9.17) is 9.47 Å². The lowest BCUT2D eigenvalue weighted by molar-refractivity contribution is -0.123. The number of carbonyl (C=O) groups excluding carboxylic acids is 2. The smallest absolute Gasteiger partial charge is 0.258 e. The molecule has 0 atom stereocenters. The van der Waals surface area contributed by atoms with Gasteiger partial charge in [-0.05, 0) is 48.7 Å². The van der Waals surface area contributed by atoms with Gasteiger partial charge in [-0.2, -0.15) is 0 Å². The van der Waals surface area contributed by atoms with E-state index < -0.39 is 0 Å². The van der Waals surface area contributed by atoms with Crippen LogP contribution in [-0.4, -0.2) is 31.6 Å². The second-order valence-electron chi connectivity index (χ2n) is 7.27. The molecule has 1 aliphatic rings. The number of amides is 2. The number of hydrogen-bond donors (Lipinski definition) is 3. The van der Waals surface area contributed by atoms with Gasteiger partial charge in [0.25, 0.3) is 11.8 Å². The van der Waals surface area contributed by atoms with Gasteiger partial charge in [-0.1, -0.05) is 18.2 Å². The van der Waals surface area contributed by atoms with Gasteiger partial charge in [0.1, 0.15) is 0 Å². The van der Waals surface area contributed by atoms with E-state index in [1.165, 1.54) is 18.2 Å². The van der Waals surface area contributed by atoms with Crippen molar-refractivity contribution in [3.8, 4) is 11.5 Å². The monoisotopic (exact) mass is 433 g/mol. The number of benzene rings is 2. The van der Waals surface area contributed by atoms with Crippen molar-refractivity contribution in [2.45, 2.75) is 39.5 Å². The molecule has 0 radical (unpaired) electrons. The van der Waals surface area contributed by atoms with Crippen LogP contribution in [0, 0.1) is 0 Å². The maximum absolute atomic E-state index is 12.5. The normalized spacial score (nSPS) is 12.0. The zero-order chi connectivity index (χ0) is 20.8. The van der Waals surface area contributed by atoms with E-state index in [9.17, 15) is 9.59 Å². The van der Waals surface area contributed by atoms with Crippen molar-refractivity contribution in [1.82, 2.24) is 16.0 Å². The van der Waals surface area contributed by atoms with E-state index >= 15 is 0 Å². The lowest BCUT2D eigenvalue weighted by atomic mass is 10.1. The Morgan fingerprint density at radius 3 is 2.57 bits per heavy atom. The fourth-order valence-electron chi connectivity index (χ4n) is 3.18. The molecule has 0 fully saturated rings. The van der Waals surface area contributed by atoms with Gasteiger partial charge in [0.15, 0.2) is 18.1 Å². The molecular weight excluding hydrogens is 406 g/mol. The van der Waals surface area contributed by atoms with Gasteiger partial charge in [0.05, 0.1) is 7.11 Å². The third-order valence-electron chi connectivity index (χ3n) is 4.59. The highest BCUT2D eigenvalue weighted by atomic mass is 35.5. The number of carbonyl (C=O) groups is 2. The molecule has 2 amide bonds. The number of nitrogens with one attached hydrogen (secondary N) is 3. The Balaban J connectivity index is 0.00000320. The van der Waals surface area contributed by atoms with Crippen molar-refractivity contribution >= 4 is 24.2 Å². The van der Waals surface area contributed by atoms with Crippen molar-refractivity contribution in [3.63, 3.8) is 0 Å². The summed E-state index contributed by atoms with van der Waals surface area (Å²) in [6, 6.07) is 11.2. The van der Waals surface area contributed by atoms with Crippen LogP contribution < -0.4 is 25.4 Å². The van der Waals surface area contributed by atoms with Gasteiger partial charge in [0, 0.05) is 31.2 Å². The van der Waals surface area contributed by atoms with Crippen LogP contribution in [-0.2, 0) is 24.4 Å². The third-order valence-corrected chi connectivity index (χ3v) is 4.59. The van der Waals surface area contributed by atoms with Crippen LogP contribution in [0.1, 0.15) is 40.9 Å². The lowest BCUT2D eigenvalue weighted by Gasteiger charge is -2.13. The number of halogens is 1. The molecule has 2 aromatic carbocycles. The van der Waals surface area contributed by atoms with Crippen LogP contribution in [0.3, 0.4) is 0 Å². The third kappa shape index (κ3) is 6.11. The fraction of sp³-hybridized carbons (Fsp3) is 0.364. The first kappa shape index (κ1) is 23.5. The minimum absolute atomic E-state index is 0. The number of hydrogen-bond acceptors (Lipinski definition) is 5. The topological polar surface area (TPSA) is 88.7 Å². The zero-order valence-electron chi connectivity index (χ0n) is 17.4. The Labute approximate surface area is 182 Å². The van der Waals surface area contributed by atoms with E-state index in [-0.39, 0.29) is 36.9 Å².